The Labute approximate surface area is 110 Å². The van der Waals surface area contributed by atoms with Gasteiger partial charge in [0, 0.05) is 20.5 Å². The van der Waals surface area contributed by atoms with Gasteiger partial charge in [0.15, 0.2) is 0 Å². The standard InChI is InChI=1S/C12H15ClN2O3/c1-15(2)12-8(13)4-3-5-9(12)14-10(16)6-7-11(17)18/h3-5H,6-7H2,1-2H3,(H,14,16)(H,17,18). The number of aliphatic carboxylic acids is 1. The molecule has 2 N–H and O–H groups in total. The van der Waals surface area contributed by atoms with Gasteiger partial charge in [0.05, 0.1) is 22.8 Å². The van der Waals surface area contributed by atoms with Crippen molar-refractivity contribution in [3.05, 3.63) is 23.2 Å². The molecule has 1 rings (SSSR count). The van der Waals surface area contributed by atoms with Crippen molar-refractivity contribution >= 4 is 34.9 Å². The van der Waals surface area contributed by atoms with Gasteiger partial charge in [-0.1, -0.05) is 17.7 Å². The molecule has 0 saturated heterocycles. The van der Waals surface area contributed by atoms with E-state index in [9.17, 15) is 9.59 Å². The Balaban J connectivity index is 2.81. The minimum atomic E-state index is -0.996. The molecule has 0 unspecified atom stereocenters. The van der Waals surface area contributed by atoms with Crippen LogP contribution in [0.5, 0.6) is 0 Å². The van der Waals surface area contributed by atoms with Gasteiger partial charge in [-0.15, -0.1) is 0 Å². The zero-order valence-corrected chi connectivity index (χ0v) is 11.0. The third-order valence-corrected chi connectivity index (χ3v) is 2.58. The summed E-state index contributed by atoms with van der Waals surface area (Å²) in [7, 11) is 3.63. The van der Waals surface area contributed by atoms with Crippen molar-refractivity contribution in [1.29, 1.82) is 0 Å². The Hall–Kier alpha value is -1.75. The van der Waals surface area contributed by atoms with Crippen LogP contribution in [0.1, 0.15) is 12.8 Å². The fourth-order valence-corrected chi connectivity index (χ4v) is 1.85. The summed E-state index contributed by atoms with van der Waals surface area (Å²) in [5.41, 5.74) is 1.27. The third-order valence-electron chi connectivity index (χ3n) is 2.27. The molecule has 98 valence electrons. The first-order valence-corrected chi connectivity index (χ1v) is 5.77. The number of anilines is 2. The highest BCUT2D eigenvalue weighted by Gasteiger charge is 2.12. The Morgan fingerprint density at radius 2 is 2.00 bits per heavy atom. The van der Waals surface area contributed by atoms with Crippen LogP contribution in [0, 0.1) is 0 Å². The maximum atomic E-state index is 11.6. The summed E-state index contributed by atoms with van der Waals surface area (Å²) in [6, 6.07) is 5.17. The van der Waals surface area contributed by atoms with E-state index in [0.717, 1.165) is 0 Å². The van der Waals surface area contributed by atoms with Crippen LogP contribution < -0.4 is 10.2 Å². The highest BCUT2D eigenvalue weighted by Crippen LogP contribution is 2.32. The second kappa shape index (κ2) is 6.26. The first-order valence-electron chi connectivity index (χ1n) is 5.39. The van der Waals surface area contributed by atoms with Gasteiger partial charge in [-0.25, -0.2) is 0 Å². The maximum absolute atomic E-state index is 11.6. The fourth-order valence-electron chi connectivity index (χ4n) is 1.50. The number of hydrogen-bond donors (Lipinski definition) is 2. The maximum Gasteiger partial charge on any atom is 0.303 e. The highest BCUT2D eigenvalue weighted by atomic mass is 35.5. The number of amides is 1. The number of carboxylic acid groups (broad SMARTS) is 1. The van der Waals surface area contributed by atoms with Gasteiger partial charge < -0.3 is 15.3 Å². The number of para-hydroxylation sites is 1. The summed E-state index contributed by atoms with van der Waals surface area (Å²) >= 11 is 6.05. The summed E-state index contributed by atoms with van der Waals surface area (Å²) in [5.74, 6) is -1.34. The van der Waals surface area contributed by atoms with Crippen molar-refractivity contribution in [3.63, 3.8) is 0 Å². The molecule has 5 nitrogen and oxygen atoms in total. The average molecular weight is 271 g/mol. The zero-order valence-electron chi connectivity index (χ0n) is 10.2. The van der Waals surface area contributed by atoms with E-state index in [-0.39, 0.29) is 18.7 Å². The Bertz CT molecular complexity index is 461. The molecule has 6 heteroatoms. The van der Waals surface area contributed by atoms with Crippen LogP contribution in [0.2, 0.25) is 5.02 Å². The van der Waals surface area contributed by atoms with Gasteiger partial charge >= 0.3 is 5.97 Å². The SMILES string of the molecule is CN(C)c1c(Cl)cccc1NC(=O)CCC(=O)O. The van der Waals surface area contributed by atoms with Crippen LogP contribution in [-0.2, 0) is 9.59 Å². The molecule has 0 aromatic heterocycles. The number of nitrogens with zero attached hydrogens (tertiary/aromatic N) is 1. The average Bonchev–Trinajstić information content (AvgIpc) is 2.26. The molecule has 1 aromatic rings. The lowest BCUT2D eigenvalue weighted by Gasteiger charge is -2.19. The van der Waals surface area contributed by atoms with Gasteiger partial charge in [-0.05, 0) is 12.1 Å². The van der Waals surface area contributed by atoms with Crippen LogP contribution in [0.25, 0.3) is 0 Å². The minimum Gasteiger partial charge on any atom is -0.481 e. The lowest BCUT2D eigenvalue weighted by atomic mass is 10.2. The van der Waals surface area contributed by atoms with E-state index in [1.165, 1.54) is 0 Å². The Morgan fingerprint density at radius 3 is 2.56 bits per heavy atom. The van der Waals surface area contributed by atoms with Crippen LogP contribution in [-0.4, -0.2) is 31.1 Å². The Kier molecular flexibility index (Phi) is 4.97. The van der Waals surface area contributed by atoms with Crippen LogP contribution in [0.4, 0.5) is 11.4 Å². The predicted molar refractivity (Wildman–Crippen MR) is 71.3 cm³/mol. The molecule has 0 fully saturated rings. The molecule has 0 spiro atoms. The van der Waals surface area contributed by atoms with Gasteiger partial charge in [-0.2, -0.15) is 0 Å². The number of carbonyl (C=O) groups excluding carboxylic acids is 1. The molecular formula is C12H15ClN2O3. The van der Waals surface area contributed by atoms with Gasteiger partial charge in [0.25, 0.3) is 0 Å². The van der Waals surface area contributed by atoms with Crippen LogP contribution in [0.15, 0.2) is 18.2 Å². The number of benzene rings is 1. The van der Waals surface area contributed by atoms with Crippen LogP contribution in [0.3, 0.4) is 0 Å². The van der Waals surface area contributed by atoms with Crippen molar-refractivity contribution in [3.8, 4) is 0 Å². The topological polar surface area (TPSA) is 69.6 Å². The van der Waals surface area contributed by atoms with Gasteiger partial charge in [0.2, 0.25) is 5.91 Å². The fraction of sp³-hybridized carbons (Fsp3) is 0.333. The number of carbonyl (C=O) groups is 2. The highest BCUT2D eigenvalue weighted by molar-refractivity contribution is 6.34. The molecule has 18 heavy (non-hydrogen) atoms. The van der Waals surface area contributed by atoms with Gasteiger partial charge in [0.1, 0.15) is 0 Å². The van der Waals surface area contributed by atoms with E-state index in [4.69, 9.17) is 16.7 Å². The van der Waals surface area contributed by atoms with Crippen molar-refractivity contribution in [1.82, 2.24) is 0 Å². The van der Waals surface area contributed by atoms with Crippen LogP contribution >= 0.6 is 11.6 Å². The quantitative estimate of drug-likeness (QED) is 0.861. The largest absolute Gasteiger partial charge is 0.481 e. The first kappa shape index (κ1) is 14.3. The number of hydrogen-bond acceptors (Lipinski definition) is 3. The molecule has 0 heterocycles. The molecular weight excluding hydrogens is 256 g/mol. The number of halogens is 1. The number of carboxylic acids is 1. The molecule has 1 aromatic carbocycles. The molecule has 0 atom stereocenters. The summed E-state index contributed by atoms with van der Waals surface area (Å²) in [6.07, 6.45) is -0.252. The van der Waals surface area contributed by atoms with Crippen molar-refractivity contribution in [2.75, 3.05) is 24.3 Å². The van der Waals surface area contributed by atoms with Crippen molar-refractivity contribution in [2.45, 2.75) is 12.8 Å². The zero-order chi connectivity index (χ0) is 13.7. The van der Waals surface area contributed by atoms with Gasteiger partial charge in [-0.3, -0.25) is 9.59 Å². The lowest BCUT2D eigenvalue weighted by molar-refractivity contribution is -0.138. The second-order valence-electron chi connectivity index (χ2n) is 3.97. The molecule has 0 aliphatic rings. The molecule has 0 radical (unpaired) electrons. The molecule has 0 bridgehead atoms. The van der Waals surface area contributed by atoms with E-state index in [1.54, 1.807) is 23.1 Å². The number of rotatable bonds is 5. The lowest BCUT2D eigenvalue weighted by Crippen LogP contribution is -2.17. The monoisotopic (exact) mass is 270 g/mol. The predicted octanol–water partition coefficient (Wildman–Crippen LogP) is 2.21. The molecule has 0 aliphatic carbocycles. The second-order valence-corrected chi connectivity index (χ2v) is 4.38. The third kappa shape index (κ3) is 3.92. The van der Waals surface area contributed by atoms with E-state index in [1.807, 2.05) is 14.1 Å². The normalized spacial score (nSPS) is 9.94. The molecule has 1 amide bonds. The molecule has 0 aliphatic heterocycles. The summed E-state index contributed by atoms with van der Waals surface area (Å²) in [6.45, 7) is 0. The van der Waals surface area contributed by atoms with E-state index < -0.39 is 5.97 Å². The smallest absolute Gasteiger partial charge is 0.303 e. The van der Waals surface area contributed by atoms with Crippen molar-refractivity contribution < 1.29 is 14.7 Å². The Morgan fingerprint density at radius 1 is 1.33 bits per heavy atom. The summed E-state index contributed by atoms with van der Waals surface area (Å²) < 4.78 is 0. The van der Waals surface area contributed by atoms with E-state index in [0.29, 0.717) is 16.4 Å². The first-order chi connectivity index (χ1) is 8.41. The van der Waals surface area contributed by atoms with Crippen molar-refractivity contribution in [2.24, 2.45) is 0 Å². The van der Waals surface area contributed by atoms with E-state index >= 15 is 0 Å². The summed E-state index contributed by atoms with van der Waals surface area (Å²) in [4.78, 5) is 23.7. The molecule has 0 saturated carbocycles. The summed E-state index contributed by atoms with van der Waals surface area (Å²) in [5, 5.41) is 11.7. The van der Waals surface area contributed by atoms with E-state index in [2.05, 4.69) is 5.32 Å². The number of nitrogens with one attached hydrogen (secondary N) is 1. The minimum absolute atomic E-state index is 0.0608.